The number of hydrogen-bond donors (Lipinski definition) is 1. The highest BCUT2D eigenvalue weighted by Crippen LogP contribution is 2.03. The molecule has 1 rings (SSSR count). The Hall–Kier alpha value is -0.980. The van der Waals surface area contributed by atoms with Crippen molar-refractivity contribution in [1.29, 1.82) is 0 Å². The maximum absolute atomic E-state index is 5.68. The van der Waals surface area contributed by atoms with Crippen LogP contribution in [0.4, 0.5) is 0 Å². The molecule has 1 aromatic heterocycles. The van der Waals surface area contributed by atoms with Gasteiger partial charge in [0.15, 0.2) is 0 Å². The van der Waals surface area contributed by atoms with E-state index in [1.165, 1.54) is 0 Å². The van der Waals surface area contributed by atoms with Gasteiger partial charge in [0, 0.05) is 26.3 Å². The molecule has 0 radical (unpaired) electrons. The van der Waals surface area contributed by atoms with Crippen LogP contribution in [0.3, 0.4) is 0 Å². The van der Waals surface area contributed by atoms with Gasteiger partial charge in [0.05, 0.1) is 25.1 Å². The van der Waals surface area contributed by atoms with E-state index in [9.17, 15) is 0 Å². The van der Waals surface area contributed by atoms with Gasteiger partial charge in [-0.1, -0.05) is 5.21 Å². The van der Waals surface area contributed by atoms with E-state index in [0.717, 1.165) is 18.7 Å². The molecule has 2 N–H and O–H groups in total. The van der Waals surface area contributed by atoms with Gasteiger partial charge in [-0.15, -0.1) is 5.10 Å². The van der Waals surface area contributed by atoms with E-state index in [1.807, 2.05) is 13.1 Å². The predicted octanol–water partition coefficient (Wildman–Crippen LogP) is 0.351. The molecule has 92 valence electrons. The van der Waals surface area contributed by atoms with Crippen LogP contribution in [0.5, 0.6) is 0 Å². The summed E-state index contributed by atoms with van der Waals surface area (Å²) in [5.41, 5.74) is 6.50. The normalized spacial score (nSPS) is 12.9. The molecule has 1 heterocycles. The highest BCUT2D eigenvalue weighted by Gasteiger charge is 2.04. The molecule has 16 heavy (non-hydrogen) atoms. The summed E-state index contributed by atoms with van der Waals surface area (Å²) in [7, 11) is 1.66. The second kappa shape index (κ2) is 7.32. The summed E-state index contributed by atoms with van der Waals surface area (Å²) >= 11 is 0. The summed E-state index contributed by atoms with van der Waals surface area (Å²) in [6.45, 7) is 4.67. The van der Waals surface area contributed by atoms with Crippen molar-refractivity contribution in [2.75, 3.05) is 26.9 Å². The molecule has 0 aromatic carbocycles. The number of rotatable bonds is 8. The number of aryl methyl sites for hydroxylation is 1. The third kappa shape index (κ3) is 4.69. The van der Waals surface area contributed by atoms with Crippen molar-refractivity contribution < 1.29 is 9.47 Å². The van der Waals surface area contributed by atoms with Crippen LogP contribution in [-0.4, -0.2) is 41.9 Å². The second-order valence-electron chi connectivity index (χ2n) is 3.65. The highest BCUT2D eigenvalue weighted by atomic mass is 16.5. The Morgan fingerprint density at radius 3 is 2.88 bits per heavy atom. The Kier molecular flexibility index (Phi) is 5.99. The van der Waals surface area contributed by atoms with E-state index in [1.54, 1.807) is 11.8 Å². The van der Waals surface area contributed by atoms with Gasteiger partial charge in [0.2, 0.25) is 0 Å². The fourth-order valence-corrected chi connectivity index (χ4v) is 1.20. The van der Waals surface area contributed by atoms with Gasteiger partial charge >= 0.3 is 0 Å². The molecule has 0 aliphatic rings. The third-order valence-electron chi connectivity index (χ3n) is 2.13. The van der Waals surface area contributed by atoms with Gasteiger partial charge in [-0.05, 0) is 13.3 Å². The molecular weight excluding hydrogens is 208 g/mol. The van der Waals surface area contributed by atoms with Crippen molar-refractivity contribution >= 4 is 0 Å². The number of hydrogen-bond acceptors (Lipinski definition) is 5. The highest BCUT2D eigenvalue weighted by molar-refractivity contribution is 4.97. The van der Waals surface area contributed by atoms with Crippen LogP contribution in [-0.2, 0) is 16.0 Å². The first-order valence-electron chi connectivity index (χ1n) is 5.46. The summed E-state index contributed by atoms with van der Waals surface area (Å²) in [5, 5.41) is 7.95. The quantitative estimate of drug-likeness (QED) is 0.650. The fraction of sp³-hybridized carbons (Fsp3) is 0.800. The lowest BCUT2D eigenvalue weighted by Crippen LogP contribution is -2.07. The van der Waals surface area contributed by atoms with Gasteiger partial charge in [-0.2, -0.15) is 0 Å². The lowest BCUT2D eigenvalue weighted by atomic mass is 10.3. The molecule has 0 bridgehead atoms. The van der Waals surface area contributed by atoms with E-state index in [2.05, 4.69) is 10.3 Å². The minimum Gasteiger partial charge on any atom is -0.382 e. The van der Waals surface area contributed by atoms with Crippen LogP contribution in [0.1, 0.15) is 25.1 Å². The first-order chi connectivity index (χ1) is 7.74. The first kappa shape index (κ1) is 13.1. The molecule has 0 aliphatic heterocycles. The number of nitrogens with zero attached hydrogens (tertiary/aromatic N) is 3. The molecule has 1 unspecified atom stereocenters. The zero-order valence-corrected chi connectivity index (χ0v) is 9.93. The lowest BCUT2D eigenvalue weighted by Gasteiger charge is -2.03. The second-order valence-corrected chi connectivity index (χ2v) is 3.65. The van der Waals surface area contributed by atoms with E-state index in [0.29, 0.717) is 19.8 Å². The Balaban J connectivity index is 2.12. The molecule has 1 aromatic rings. The molecular formula is C10H20N4O2. The standard InChI is InChI=1S/C10H20N4O2/c1-9(11)10-8-14(13-12-10)4-3-5-16-7-6-15-2/h8-9H,3-7,11H2,1-2H3. The molecule has 6 heteroatoms. The van der Waals surface area contributed by atoms with Crippen LogP contribution in [0.2, 0.25) is 0 Å². The summed E-state index contributed by atoms with van der Waals surface area (Å²) < 4.78 is 12.0. The van der Waals surface area contributed by atoms with E-state index >= 15 is 0 Å². The van der Waals surface area contributed by atoms with Crippen LogP contribution < -0.4 is 5.73 Å². The van der Waals surface area contributed by atoms with E-state index in [4.69, 9.17) is 15.2 Å². The van der Waals surface area contributed by atoms with Gasteiger partial charge in [0.25, 0.3) is 0 Å². The summed E-state index contributed by atoms with van der Waals surface area (Å²) in [4.78, 5) is 0. The average molecular weight is 228 g/mol. The minimum atomic E-state index is -0.0632. The molecule has 6 nitrogen and oxygen atoms in total. The maximum atomic E-state index is 5.68. The average Bonchev–Trinajstić information content (AvgIpc) is 2.72. The third-order valence-corrected chi connectivity index (χ3v) is 2.13. The molecule has 0 aliphatic carbocycles. The van der Waals surface area contributed by atoms with Gasteiger partial charge < -0.3 is 15.2 Å². The van der Waals surface area contributed by atoms with Crippen molar-refractivity contribution in [2.24, 2.45) is 5.73 Å². The molecule has 1 atom stereocenters. The zero-order valence-electron chi connectivity index (χ0n) is 9.93. The zero-order chi connectivity index (χ0) is 11.8. The van der Waals surface area contributed by atoms with Gasteiger partial charge in [-0.3, -0.25) is 4.68 Å². The minimum absolute atomic E-state index is 0.0632. The topological polar surface area (TPSA) is 75.2 Å². The van der Waals surface area contributed by atoms with Crippen molar-refractivity contribution in [1.82, 2.24) is 15.0 Å². The first-order valence-corrected chi connectivity index (χ1v) is 5.46. The molecule has 0 saturated carbocycles. The fourth-order valence-electron chi connectivity index (χ4n) is 1.20. The van der Waals surface area contributed by atoms with E-state index in [-0.39, 0.29) is 6.04 Å². The molecule has 0 saturated heterocycles. The molecule has 0 amide bonds. The maximum Gasteiger partial charge on any atom is 0.0991 e. The van der Waals surface area contributed by atoms with E-state index < -0.39 is 0 Å². The molecule has 0 fully saturated rings. The number of methoxy groups -OCH3 is 1. The molecule has 0 spiro atoms. The smallest absolute Gasteiger partial charge is 0.0991 e. The van der Waals surface area contributed by atoms with Crippen molar-refractivity contribution in [3.63, 3.8) is 0 Å². The Morgan fingerprint density at radius 1 is 1.44 bits per heavy atom. The van der Waals surface area contributed by atoms with Crippen LogP contribution >= 0.6 is 0 Å². The number of aromatic nitrogens is 3. The number of ether oxygens (including phenoxy) is 2. The van der Waals surface area contributed by atoms with Crippen molar-refractivity contribution in [3.05, 3.63) is 11.9 Å². The van der Waals surface area contributed by atoms with Crippen molar-refractivity contribution in [3.8, 4) is 0 Å². The Morgan fingerprint density at radius 2 is 2.25 bits per heavy atom. The Bertz CT molecular complexity index is 288. The van der Waals surface area contributed by atoms with Crippen LogP contribution in [0.15, 0.2) is 6.20 Å². The lowest BCUT2D eigenvalue weighted by molar-refractivity contribution is 0.0676. The SMILES string of the molecule is COCCOCCCn1cc(C(C)N)nn1. The van der Waals surface area contributed by atoms with Gasteiger partial charge in [0.1, 0.15) is 0 Å². The van der Waals surface area contributed by atoms with Gasteiger partial charge in [-0.25, -0.2) is 0 Å². The summed E-state index contributed by atoms with van der Waals surface area (Å²) in [6.07, 6.45) is 2.78. The monoisotopic (exact) mass is 228 g/mol. The van der Waals surface area contributed by atoms with Crippen LogP contribution in [0.25, 0.3) is 0 Å². The largest absolute Gasteiger partial charge is 0.382 e. The summed E-state index contributed by atoms with van der Waals surface area (Å²) in [5.74, 6) is 0. The number of nitrogens with two attached hydrogens (primary N) is 1. The predicted molar refractivity (Wildman–Crippen MR) is 59.9 cm³/mol. The Labute approximate surface area is 95.7 Å². The van der Waals surface area contributed by atoms with Crippen molar-refractivity contribution in [2.45, 2.75) is 25.9 Å². The van der Waals surface area contributed by atoms with Crippen LogP contribution in [0, 0.1) is 0 Å². The summed E-state index contributed by atoms with van der Waals surface area (Å²) in [6, 6.07) is -0.0632.